The number of hydrogen-bond donors (Lipinski definition) is 0. The summed E-state index contributed by atoms with van der Waals surface area (Å²) in [7, 11) is 3.42. The average Bonchev–Trinajstić information content (AvgIpc) is 2.49. The van der Waals surface area contributed by atoms with Gasteiger partial charge in [-0.05, 0) is 42.3 Å². The molecule has 0 N–H and O–H groups in total. The number of rotatable bonds is 4. The molecule has 3 nitrogen and oxygen atoms in total. The first-order valence-corrected chi connectivity index (χ1v) is 7.45. The van der Waals surface area contributed by atoms with E-state index in [9.17, 15) is 4.79 Å². The molecule has 0 heterocycles. The molecule has 0 aromatic heterocycles. The molecule has 0 radical (unpaired) electrons. The fourth-order valence-corrected chi connectivity index (χ4v) is 2.37. The second-order valence-electron chi connectivity index (χ2n) is 4.97. The van der Waals surface area contributed by atoms with E-state index in [0.717, 1.165) is 21.3 Å². The first-order chi connectivity index (χ1) is 10.0. The second kappa shape index (κ2) is 6.76. The monoisotopic (exact) mass is 347 g/mol. The third-order valence-corrected chi connectivity index (χ3v) is 3.86. The van der Waals surface area contributed by atoms with Gasteiger partial charge < -0.3 is 9.64 Å². The van der Waals surface area contributed by atoms with Gasteiger partial charge in [0.2, 0.25) is 0 Å². The van der Waals surface area contributed by atoms with E-state index in [-0.39, 0.29) is 5.91 Å². The highest BCUT2D eigenvalue weighted by Gasteiger charge is 2.13. The number of amides is 1. The molecule has 0 atom stereocenters. The van der Waals surface area contributed by atoms with Gasteiger partial charge in [0.15, 0.2) is 0 Å². The molecule has 2 aromatic carbocycles. The van der Waals surface area contributed by atoms with Crippen molar-refractivity contribution in [3.05, 3.63) is 63.6 Å². The summed E-state index contributed by atoms with van der Waals surface area (Å²) in [6.07, 6.45) is 0. The molecule has 0 spiro atoms. The number of nitrogens with zero attached hydrogens (tertiary/aromatic N) is 1. The van der Waals surface area contributed by atoms with E-state index in [1.165, 1.54) is 0 Å². The highest BCUT2D eigenvalue weighted by atomic mass is 79.9. The minimum atomic E-state index is -0.0174. The number of hydrogen-bond acceptors (Lipinski definition) is 2. The molecule has 110 valence electrons. The molecule has 0 saturated carbocycles. The van der Waals surface area contributed by atoms with E-state index in [1.54, 1.807) is 25.1 Å². The van der Waals surface area contributed by atoms with Gasteiger partial charge in [-0.1, -0.05) is 34.1 Å². The van der Waals surface area contributed by atoms with Crippen molar-refractivity contribution in [2.24, 2.45) is 0 Å². The zero-order chi connectivity index (χ0) is 15.4. The third kappa shape index (κ3) is 3.85. The summed E-state index contributed by atoms with van der Waals surface area (Å²) in [5.74, 6) is 0.717. The summed E-state index contributed by atoms with van der Waals surface area (Å²) in [6, 6.07) is 13.5. The van der Waals surface area contributed by atoms with Crippen molar-refractivity contribution in [3.8, 4) is 5.75 Å². The average molecular weight is 348 g/mol. The van der Waals surface area contributed by atoms with E-state index >= 15 is 0 Å². The minimum Gasteiger partial charge on any atom is -0.496 e. The molecule has 0 saturated heterocycles. The standard InChI is InChI=1S/C17H18BrNO2/c1-12-4-7-14(10-16(12)21-3)17(20)19(2)11-13-5-8-15(18)9-6-13/h4-10H,11H2,1-3H3. The predicted molar refractivity (Wildman–Crippen MR) is 87.7 cm³/mol. The Morgan fingerprint density at radius 2 is 1.86 bits per heavy atom. The fraction of sp³-hybridized carbons (Fsp3) is 0.235. The number of aryl methyl sites for hydroxylation is 1. The SMILES string of the molecule is COc1cc(C(=O)N(C)Cc2ccc(Br)cc2)ccc1C. The first-order valence-electron chi connectivity index (χ1n) is 6.66. The van der Waals surface area contributed by atoms with Gasteiger partial charge in [-0.3, -0.25) is 4.79 Å². The van der Waals surface area contributed by atoms with Crippen molar-refractivity contribution >= 4 is 21.8 Å². The summed E-state index contributed by atoms with van der Waals surface area (Å²) in [5, 5.41) is 0. The first kappa shape index (κ1) is 15.6. The lowest BCUT2D eigenvalue weighted by Gasteiger charge is -2.18. The summed E-state index contributed by atoms with van der Waals surface area (Å²) >= 11 is 3.41. The van der Waals surface area contributed by atoms with Crippen LogP contribution in [0, 0.1) is 6.92 Å². The quantitative estimate of drug-likeness (QED) is 0.835. The van der Waals surface area contributed by atoms with Crippen LogP contribution < -0.4 is 4.74 Å². The molecule has 2 aromatic rings. The Balaban J connectivity index is 2.13. The van der Waals surface area contributed by atoms with Gasteiger partial charge in [-0.2, -0.15) is 0 Å². The normalized spacial score (nSPS) is 10.3. The molecule has 4 heteroatoms. The van der Waals surface area contributed by atoms with Crippen LogP contribution in [0.2, 0.25) is 0 Å². The van der Waals surface area contributed by atoms with Gasteiger partial charge in [0.05, 0.1) is 7.11 Å². The van der Waals surface area contributed by atoms with E-state index < -0.39 is 0 Å². The van der Waals surface area contributed by atoms with Crippen LogP contribution in [0.1, 0.15) is 21.5 Å². The summed E-state index contributed by atoms with van der Waals surface area (Å²) in [6.45, 7) is 2.53. The summed E-state index contributed by atoms with van der Waals surface area (Å²) < 4.78 is 6.30. The van der Waals surface area contributed by atoms with Crippen LogP contribution in [0.25, 0.3) is 0 Å². The molecule has 0 aliphatic heterocycles. The van der Waals surface area contributed by atoms with Crippen LogP contribution in [-0.2, 0) is 6.54 Å². The van der Waals surface area contributed by atoms with Crippen molar-refractivity contribution in [1.29, 1.82) is 0 Å². The van der Waals surface area contributed by atoms with Gasteiger partial charge >= 0.3 is 0 Å². The summed E-state index contributed by atoms with van der Waals surface area (Å²) in [5.41, 5.74) is 2.75. The Bertz CT molecular complexity index is 638. The van der Waals surface area contributed by atoms with Crippen LogP contribution in [0.15, 0.2) is 46.9 Å². The lowest BCUT2D eigenvalue weighted by molar-refractivity contribution is 0.0784. The molecule has 0 unspecified atom stereocenters. The third-order valence-electron chi connectivity index (χ3n) is 3.33. The Morgan fingerprint density at radius 3 is 2.48 bits per heavy atom. The highest BCUT2D eigenvalue weighted by molar-refractivity contribution is 9.10. The van der Waals surface area contributed by atoms with Crippen LogP contribution in [0.5, 0.6) is 5.75 Å². The Kier molecular flexibility index (Phi) is 5.02. The number of ether oxygens (including phenoxy) is 1. The lowest BCUT2D eigenvalue weighted by atomic mass is 10.1. The van der Waals surface area contributed by atoms with Crippen LogP contribution in [-0.4, -0.2) is 25.0 Å². The zero-order valence-corrected chi connectivity index (χ0v) is 14.0. The fourth-order valence-electron chi connectivity index (χ4n) is 2.11. The smallest absolute Gasteiger partial charge is 0.254 e. The highest BCUT2D eigenvalue weighted by Crippen LogP contribution is 2.20. The van der Waals surface area contributed by atoms with E-state index in [0.29, 0.717) is 12.1 Å². The Labute approximate surface area is 133 Å². The van der Waals surface area contributed by atoms with E-state index in [2.05, 4.69) is 15.9 Å². The van der Waals surface area contributed by atoms with Gasteiger partial charge in [0, 0.05) is 23.6 Å². The van der Waals surface area contributed by atoms with Gasteiger partial charge in [-0.25, -0.2) is 0 Å². The molecule has 0 fully saturated rings. The van der Waals surface area contributed by atoms with Crippen molar-refractivity contribution in [1.82, 2.24) is 4.90 Å². The second-order valence-corrected chi connectivity index (χ2v) is 5.89. The van der Waals surface area contributed by atoms with Gasteiger partial charge in [-0.15, -0.1) is 0 Å². The molecule has 21 heavy (non-hydrogen) atoms. The lowest BCUT2D eigenvalue weighted by Crippen LogP contribution is -2.26. The molecule has 1 amide bonds. The molecular formula is C17H18BrNO2. The van der Waals surface area contributed by atoms with E-state index in [1.807, 2.05) is 43.3 Å². The topological polar surface area (TPSA) is 29.5 Å². The Hall–Kier alpha value is -1.81. The maximum Gasteiger partial charge on any atom is 0.254 e. The van der Waals surface area contributed by atoms with Crippen molar-refractivity contribution in [2.75, 3.05) is 14.2 Å². The van der Waals surface area contributed by atoms with Gasteiger partial charge in [0.1, 0.15) is 5.75 Å². The van der Waals surface area contributed by atoms with Crippen LogP contribution in [0.4, 0.5) is 0 Å². The molecule has 0 aliphatic rings. The molecule has 2 rings (SSSR count). The van der Waals surface area contributed by atoms with Crippen molar-refractivity contribution in [3.63, 3.8) is 0 Å². The maximum atomic E-state index is 12.5. The van der Waals surface area contributed by atoms with Crippen molar-refractivity contribution < 1.29 is 9.53 Å². The molecule has 0 bridgehead atoms. The number of carbonyl (C=O) groups excluding carboxylic acids is 1. The van der Waals surface area contributed by atoms with Crippen LogP contribution in [0.3, 0.4) is 0 Å². The molecule has 0 aliphatic carbocycles. The Morgan fingerprint density at radius 1 is 1.19 bits per heavy atom. The number of carbonyl (C=O) groups is 1. The van der Waals surface area contributed by atoms with E-state index in [4.69, 9.17) is 4.74 Å². The van der Waals surface area contributed by atoms with Crippen molar-refractivity contribution in [2.45, 2.75) is 13.5 Å². The maximum absolute atomic E-state index is 12.5. The number of methoxy groups -OCH3 is 1. The summed E-state index contributed by atoms with van der Waals surface area (Å²) in [4.78, 5) is 14.2. The zero-order valence-electron chi connectivity index (χ0n) is 12.4. The number of benzene rings is 2. The van der Waals surface area contributed by atoms with Crippen LogP contribution >= 0.6 is 15.9 Å². The molecular weight excluding hydrogens is 330 g/mol. The predicted octanol–water partition coefficient (Wildman–Crippen LogP) is 4.04. The minimum absolute atomic E-state index is 0.0174. The largest absolute Gasteiger partial charge is 0.496 e. The van der Waals surface area contributed by atoms with Gasteiger partial charge in [0.25, 0.3) is 5.91 Å². The number of halogens is 1.